The van der Waals surface area contributed by atoms with Gasteiger partial charge in [0.2, 0.25) is 10.0 Å². The number of hydrogen-bond acceptors (Lipinski definition) is 5. The summed E-state index contributed by atoms with van der Waals surface area (Å²) >= 11 is 0. The van der Waals surface area contributed by atoms with Gasteiger partial charge in [0.1, 0.15) is 5.82 Å². The summed E-state index contributed by atoms with van der Waals surface area (Å²) in [6, 6.07) is 6.79. The minimum atomic E-state index is -3.75. The van der Waals surface area contributed by atoms with E-state index in [0.717, 1.165) is 6.07 Å². The van der Waals surface area contributed by atoms with Gasteiger partial charge in [0.05, 0.1) is 17.1 Å². The van der Waals surface area contributed by atoms with Crippen molar-refractivity contribution in [1.82, 2.24) is 14.9 Å². The van der Waals surface area contributed by atoms with E-state index in [9.17, 15) is 12.8 Å². The van der Waals surface area contributed by atoms with Gasteiger partial charge in [0, 0.05) is 18.3 Å². The van der Waals surface area contributed by atoms with Crippen LogP contribution in [0.3, 0.4) is 0 Å². The Balaban J connectivity index is 2.18. The Morgan fingerprint density at radius 3 is 2.75 bits per heavy atom. The molecule has 2 rings (SSSR count). The fraction of sp³-hybridized carbons (Fsp3) is 0.167. The molecule has 0 aliphatic heterocycles. The molecule has 0 atom stereocenters. The molecule has 8 heteroatoms. The summed E-state index contributed by atoms with van der Waals surface area (Å²) < 4.78 is 39.8. The van der Waals surface area contributed by atoms with E-state index in [0.29, 0.717) is 5.69 Å². The maximum Gasteiger partial charge on any atom is 0.240 e. The highest BCUT2D eigenvalue weighted by Crippen LogP contribution is 2.14. The lowest BCUT2D eigenvalue weighted by molar-refractivity contribution is 0.577. The van der Waals surface area contributed by atoms with Gasteiger partial charge in [-0.15, -0.1) is 0 Å². The first-order chi connectivity index (χ1) is 9.53. The Hall–Kier alpha value is -1.90. The number of nitrogens with zero attached hydrogens (tertiary/aromatic N) is 2. The van der Waals surface area contributed by atoms with Crippen LogP contribution in [0.4, 0.5) is 4.39 Å². The number of nitrogens with two attached hydrogens (primary N) is 1. The first kappa shape index (κ1) is 14.5. The van der Waals surface area contributed by atoms with Crippen LogP contribution < -0.4 is 10.5 Å². The molecule has 0 spiro atoms. The maximum atomic E-state index is 13.3. The molecule has 106 valence electrons. The minimum Gasteiger partial charge on any atom is -0.326 e. The predicted octanol–water partition coefficient (Wildman–Crippen LogP) is 0.553. The molecular weight excluding hydrogens is 283 g/mol. The average molecular weight is 296 g/mol. The molecule has 0 amide bonds. The van der Waals surface area contributed by atoms with Crippen molar-refractivity contribution in [3.8, 4) is 0 Å². The molecule has 2 aromatic rings. The Morgan fingerprint density at radius 2 is 2.10 bits per heavy atom. The molecule has 0 aliphatic rings. The van der Waals surface area contributed by atoms with E-state index in [4.69, 9.17) is 5.73 Å². The van der Waals surface area contributed by atoms with Crippen molar-refractivity contribution in [1.29, 1.82) is 0 Å². The number of halogens is 1. The molecule has 20 heavy (non-hydrogen) atoms. The van der Waals surface area contributed by atoms with Crippen molar-refractivity contribution in [2.45, 2.75) is 18.0 Å². The second-order valence-corrected chi connectivity index (χ2v) is 5.76. The van der Waals surface area contributed by atoms with E-state index in [-0.39, 0.29) is 23.5 Å². The Kier molecular flexibility index (Phi) is 4.38. The minimum absolute atomic E-state index is 0.00546. The van der Waals surface area contributed by atoms with Gasteiger partial charge in [-0.05, 0) is 30.3 Å². The summed E-state index contributed by atoms with van der Waals surface area (Å²) in [5.41, 5.74) is 5.98. The monoisotopic (exact) mass is 296 g/mol. The van der Waals surface area contributed by atoms with Crippen LogP contribution in [0.2, 0.25) is 0 Å². The summed E-state index contributed by atoms with van der Waals surface area (Å²) in [7, 11) is -3.75. The number of benzene rings is 1. The van der Waals surface area contributed by atoms with Crippen LogP contribution in [-0.2, 0) is 23.1 Å². The lowest BCUT2D eigenvalue weighted by atomic mass is 10.2. The highest BCUT2D eigenvalue weighted by Gasteiger charge is 2.15. The molecule has 3 N–H and O–H groups in total. The van der Waals surface area contributed by atoms with Crippen LogP contribution in [-0.4, -0.2) is 18.6 Å². The summed E-state index contributed by atoms with van der Waals surface area (Å²) in [6.45, 7) is -0.0646. The largest absolute Gasteiger partial charge is 0.326 e. The van der Waals surface area contributed by atoms with E-state index in [2.05, 4.69) is 14.9 Å². The third kappa shape index (κ3) is 3.35. The normalized spacial score (nSPS) is 11.5. The first-order valence-electron chi connectivity index (χ1n) is 5.77. The third-order valence-electron chi connectivity index (χ3n) is 2.62. The molecule has 0 saturated carbocycles. The van der Waals surface area contributed by atoms with Gasteiger partial charge in [-0.1, -0.05) is 0 Å². The standard InChI is InChI=1S/C12H13FN4O2S/c13-12-4-3-11(6-9(12)7-14)20(18,19)16-8-10-2-1-5-15-17-10/h1-6,16H,7-8,14H2. The van der Waals surface area contributed by atoms with E-state index < -0.39 is 15.8 Å². The Bertz CT molecular complexity index is 692. The number of rotatable bonds is 5. The van der Waals surface area contributed by atoms with Crippen LogP contribution >= 0.6 is 0 Å². The van der Waals surface area contributed by atoms with E-state index in [1.54, 1.807) is 12.1 Å². The van der Waals surface area contributed by atoms with Crippen LogP contribution in [0.25, 0.3) is 0 Å². The quantitative estimate of drug-likeness (QED) is 0.839. The molecule has 0 bridgehead atoms. The van der Waals surface area contributed by atoms with Gasteiger partial charge in [-0.2, -0.15) is 10.2 Å². The molecule has 1 aromatic carbocycles. The van der Waals surface area contributed by atoms with Crippen molar-refractivity contribution in [3.05, 3.63) is 53.6 Å². The molecule has 0 saturated heterocycles. The molecule has 0 unspecified atom stereocenters. The highest BCUT2D eigenvalue weighted by molar-refractivity contribution is 7.89. The topological polar surface area (TPSA) is 98.0 Å². The number of nitrogens with one attached hydrogen (secondary N) is 1. The fourth-order valence-electron chi connectivity index (χ4n) is 1.55. The van der Waals surface area contributed by atoms with Crippen molar-refractivity contribution in [2.75, 3.05) is 0 Å². The predicted molar refractivity (Wildman–Crippen MR) is 70.3 cm³/mol. The zero-order chi connectivity index (χ0) is 14.6. The Morgan fingerprint density at radius 1 is 1.30 bits per heavy atom. The lowest BCUT2D eigenvalue weighted by Gasteiger charge is -2.08. The summed E-state index contributed by atoms with van der Waals surface area (Å²) in [6.07, 6.45) is 1.49. The number of aromatic nitrogens is 2. The summed E-state index contributed by atoms with van der Waals surface area (Å²) in [5, 5.41) is 7.41. The molecule has 0 fully saturated rings. The van der Waals surface area contributed by atoms with Gasteiger partial charge in [0.25, 0.3) is 0 Å². The van der Waals surface area contributed by atoms with E-state index >= 15 is 0 Å². The van der Waals surface area contributed by atoms with Crippen LogP contribution in [0.5, 0.6) is 0 Å². The third-order valence-corrected chi connectivity index (χ3v) is 4.02. The van der Waals surface area contributed by atoms with Gasteiger partial charge in [0.15, 0.2) is 0 Å². The van der Waals surface area contributed by atoms with E-state index in [1.807, 2.05) is 0 Å². The molecule has 6 nitrogen and oxygen atoms in total. The number of hydrogen-bond donors (Lipinski definition) is 2. The molecule has 1 heterocycles. The maximum absolute atomic E-state index is 13.3. The van der Waals surface area contributed by atoms with Crippen molar-refractivity contribution in [2.24, 2.45) is 5.73 Å². The molecule has 1 aromatic heterocycles. The summed E-state index contributed by atoms with van der Waals surface area (Å²) in [5.74, 6) is -0.527. The molecular formula is C12H13FN4O2S. The van der Waals surface area contributed by atoms with Crippen molar-refractivity contribution < 1.29 is 12.8 Å². The van der Waals surface area contributed by atoms with Crippen LogP contribution in [0.15, 0.2) is 41.4 Å². The van der Waals surface area contributed by atoms with Gasteiger partial charge in [-0.3, -0.25) is 0 Å². The first-order valence-corrected chi connectivity index (χ1v) is 7.26. The van der Waals surface area contributed by atoms with Crippen molar-refractivity contribution >= 4 is 10.0 Å². The van der Waals surface area contributed by atoms with Crippen LogP contribution in [0, 0.1) is 5.82 Å². The fourth-order valence-corrected chi connectivity index (χ4v) is 2.60. The van der Waals surface area contributed by atoms with E-state index in [1.165, 1.54) is 18.3 Å². The average Bonchev–Trinajstić information content (AvgIpc) is 2.46. The zero-order valence-electron chi connectivity index (χ0n) is 10.5. The van der Waals surface area contributed by atoms with Crippen molar-refractivity contribution in [3.63, 3.8) is 0 Å². The van der Waals surface area contributed by atoms with Gasteiger partial charge in [-0.25, -0.2) is 17.5 Å². The summed E-state index contributed by atoms with van der Waals surface area (Å²) in [4.78, 5) is -0.0387. The lowest BCUT2D eigenvalue weighted by Crippen LogP contribution is -2.24. The zero-order valence-corrected chi connectivity index (χ0v) is 11.3. The SMILES string of the molecule is NCc1cc(S(=O)(=O)NCc2cccnn2)ccc1F. The van der Waals surface area contributed by atoms with Gasteiger partial charge < -0.3 is 5.73 Å². The number of sulfonamides is 1. The Labute approximate surface area is 115 Å². The van der Waals surface area contributed by atoms with Gasteiger partial charge >= 0.3 is 0 Å². The van der Waals surface area contributed by atoms with Crippen LogP contribution in [0.1, 0.15) is 11.3 Å². The second-order valence-electron chi connectivity index (χ2n) is 4.00. The molecule has 0 radical (unpaired) electrons. The second kappa shape index (κ2) is 6.04. The smallest absolute Gasteiger partial charge is 0.240 e. The highest BCUT2D eigenvalue weighted by atomic mass is 32.2. The molecule has 0 aliphatic carbocycles.